The van der Waals surface area contributed by atoms with Crippen LogP contribution in [0.15, 0.2) is 57.5 Å². The number of aliphatic hydroxyl groups is 2. The summed E-state index contributed by atoms with van der Waals surface area (Å²) in [6, 6.07) is 14.6. The molecule has 2 aromatic rings. The molecule has 0 aliphatic rings. The van der Waals surface area contributed by atoms with Crippen LogP contribution < -0.4 is 0 Å². The first-order chi connectivity index (χ1) is 9.25. The van der Waals surface area contributed by atoms with Crippen molar-refractivity contribution in [2.75, 3.05) is 0 Å². The van der Waals surface area contributed by atoms with Crippen molar-refractivity contribution in [3.63, 3.8) is 0 Å². The number of halogens is 2. The van der Waals surface area contributed by atoms with E-state index in [0.29, 0.717) is 11.1 Å². The zero-order valence-corrected chi connectivity index (χ0v) is 14.4. The highest BCUT2D eigenvalue weighted by Gasteiger charge is 2.44. The second-order valence-electron chi connectivity index (χ2n) is 5.16. The molecule has 2 atom stereocenters. The van der Waals surface area contributed by atoms with Gasteiger partial charge in [0.15, 0.2) is 0 Å². The van der Waals surface area contributed by atoms with Crippen molar-refractivity contribution in [1.29, 1.82) is 0 Å². The molecule has 4 heteroatoms. The molecule has 20 heavy (non-hydrogen) atoms. The third kappa shape index (κ3) is 2.84. The van der Waals surface area contributed by atoms with Crippen molar-refractivity contribution in [3.05, 3.63) is 68.6 Å². The summed E-state index contributed by atoms with van der Waals surface area (Å²) in [6.45, 7) is 3.25. The van der Waals surface area contributed by atoms with Crippen molar-refractivity contribution >= 4 is 31.9 Å². The average Bonchev–Trinajstić information content (AvgIpc) is 2.39. The van der Waals surface area contributed by atoms with Gasteiger partial charge in [-0.05, 0) is 49.2 Å². The number of benzene rings is 2. The lowest BCUT2D eigenvalue weighted by Crippen LogP contribution is -2.45. The SMILES string of the molecule is C[C@](O)(c1ccc(Br)cc1)[C@](C)(O)c1ccc(Br)cc1. The number of rotatable bonds is 3. The molecule has 0 unspecified atom stereocenters. The van der Waals surface area contributed by atoms with Crippen LogP contribution in [0.2, 0.25) is 0 Å². The zero-order valence-electron chi connectivity index (χ0n) is 11.3. The molecule has 0 saturated carbocycles. The van der Waals surface area contributed by atoms with Gasteiger partial charge in [0.1, 0.15) is 11.2 Å². The maximum absolute atomic E-state index is 10.9. The second kappa shape index (κ2) is 5.60. The van der Waals surface area contributed by atoms with Crippen LogP contribution in [-0.2, 0) is 11.2 Å². The van der Waals surface area contributed by atoms with Crippen LogP contribution in [0.1, 0.15) is 25.0 Å². The fourth-order valence-electron chi connectivity index (χ4n) is 2.11. The molecule has 2 rings (SSSR count). The zero-order chi connectivity index (χ0) is 15.0. The molecule has 0 amide bonds. The van der Waals surface area contributed by atoms with Crippen LogP contribution in [0, 0.1) is 0 Å². The predicted molar refractivity (Wildman–Crippen MR) is 87.4 cm³/mol. The van der Waals surface area contributed by atoms with Crippen LogP contribution >= 0.6 is 31.9 Å². The maximum Gasteiger partial charge on any atom is 0.119 e. The van der Waals surface area contributed by atoms with E-state index in [-0.39, 0.29) is 0 Å². The van der Waals surface area contributed by atoms with E-state index in [1.54, 1.807) is 38.1 Å². The molecule has 2 nitrogen and oxygen atoms in total. The summed E-state index contributed by atoms with van der Waals surface area (Å²) < 4.78 is 1.86. The highest BCUT2D eigenvalue weighted by molar-refractivity contribution is 9.10. The Morgan fingerprint density at radius 3 is 1.15 bits per heavy atom. The van der Waals surface area contributed by atoms with Gasteiger partial charge < -0.3 is 10.2 Å². The first-order valence-corrected chi connectivity index (χ1v) is 7.80. The van der Waals surface area contributed by atoms with Gasteiger partial charge in [0.2, 0.25) is 0 Å². The maximum atomic E-state index is 10.9. The minimum Gasteiger partial charge on any atom is -0.382 e. The average molecular weight is 400 g/mol. The number of hydrogen-bond acceptors (Lipinski definition) is 2. The molecule has 2 aromatic carbocycles. The van der Waals surface area contributed by atoms with E-state index in [1.807, 2.05) is 24.3 Å². The molecular weight excluding hydrogens is 384 g/mol. The summed E-state index contributed by atoms with van der Waals surface area (Å²) in [7, 11) is 0. The smallest absolute Gasteiger partial charge is 0.119 e. The minimum absolute atomic E-state index is 0.661. The highest BCUT2D eigenvalue weighted by atomic mass is 79.9. The lowest BCUT2D eigenvalue weighted by atomic mass is 9.76. The second-order valence-corrected chi connectivity index (χ2v) is 6.99. The van der Waals surface area contributed by atoms with Crippen LogP contribution in [-0.4, -0.2) is 10.2 Å². The van der Waals surface area contributed by atoms with Gasteiger partial charge in [-0.15, -0.1) is 0 Å². The Morgan fingerprint density at radius 2 is 0.900 bits per heavy atom. The molecule has 2 N–H and O–H groups in total. The predicted octanol–water partition coefficient (Wildman–Crippen LogP) is 4.33. The number of hydrogen-bond donors (Lipinski definition) is 2. The van der Waals surface area contributed by atoms with E-state index in [0.717, 1.165) is 8.95 Å². The van der Waals surface area contributed by atoms with E-state index < -0.39 is 11.2 Å². The van der Waals surface area contributed by atoms with Crippen LogP contribution in [0.4, 0.5) is 0 Å². The van der Waals surface area contributed by atoms with Crippen LogP contribution in [0.3, 0.4) is 0 Å². The normalized spacial score (nSPS) is 17.3. The molecule has 0 saturated heterocycles. The van der Waals surface area contributed by atoms with E-state index >= 15 is 0 Å². The Morgan fingerprint density at radius 1 is 0.650 bits per heavy atom. The summed E-state index contributed by atoms with van der Waals surface area (Å²) in [5.41, 5.74) is -1.48. The molecule has 0 heterocycles. The topological polar surface area (TPSA) is 40.5 Å². The molecular formula is C16H16Br2O2. The molecule has 0 aliphatic heterocycles. The Labute approximate surface area is 135 Å². The van der Waals surface area contributed by atoms with Gasteiger partial charge in [-0.1, -0.05) is 56.1 Å². The van der Waals surface area contributed by atoms with Gasteiger partial charge in [0, 0.05) is 8.95 Å². The summed E-state index contributed by atoms with van der Waals surface area (Å²) in [4.78, 5) is 0. The van der Waals surface area contributed by atoms with Crippen molar-refractivity contribution in [2.24, 2.45) is 0 Å². The van der Waals surface area contributed by atoms with Crippen LogP contribution in [0.25, 0.3) is 0 Å². The quantitative estimate of drug-likeness (QED) is 0.806. The fourth-order valence-corrected chi connectivity index (χ4v) is 2.64. The fraction of sp³-hybridized carbons (Fsp3) is 0.250. The standard InChI is InChI=1S/C16H16Br2O2/c1-15(19,11-3-7-13(17)8-4-11)16(2,20)12-5-9-14(18)10-6-12/h3-10,19-20H,1-2H3/t15-,16+. The molecule has 0 aliphatic carbocycles. The molecule has 0 radical (unpaired) electrons. The van der Waals surface area contributed by atoms with Crippen LogP contribution in [0.5, 0.6) is 0 Å². The first-order valence-electron chi connectivity index (χ1n) is 6.22. The largest absolute Gasteiger partial charge is 0.382 e. The molecule has 0 fully saturated rings. The van der Waals surface area contributed by atoms with Gasteiger partial charge >= 0.3 is 0 Å². The Hall–Kier alpha value is -0.680. The molecule has 0 bridgehead atoms. The summed E-state index contributed by atoms with van der Waals surface area (Å²) in [6.07, 6.45) is 0. The Kier molecular flexibility index (Phi) is 4.40. The first kappa shape index (κ1) is 15.7. The van der Waals surface area contributed by atoms with Gasteiger partial charge in [-0.3, -0.25) is 0 Å². The lowest BCUT2D eigenvalue weighted by molar-refractivity contribution is -0.143. The van der Waals surface area contributed by atoms with E-state index in [9.17, 15) is 10.2 Å². The van der Waals surface area contributed by atoms with Gasteiger partial charge in [-0.2, -0.15) is 0 Å². The van der Waals surface area contributed by atoms with Crippen molar-refractivity contribution in [2.45, 2.75) is 25.0 Å². The summed E-state index contributed by atoms with van der Waals surface area (Å²) >= 11 is 6.73. The van der Waals surface area contributed by atoms with Crippen molar-refractivity contribution in [1.82, 2.24) is 0 Å². The van der Waals surface area contributed by atoms with Gasteiger partial charge in [0.25, 0.3) is 0 Å². The van der Waals surface area contributed by atoms with Crippen molar-refractivity contribution < 1.29 is 10.2 Å². The summed E-state index contributed by atoms with van der Waals surface area (Å²) in [5.74, 6) is 0. The van der Waals surface area contributed by atoms with Gasteiger partial charge in [0.05, 0.1) is 0 Å². The van der Waals surface area contributed by atoms with Crippen molar-refractivity contribution in [3.8, 4) is 0 Å². The third-order valence-electron chi connectivity index (χ3n) is 3.76. The summed E-state index contributed by atoms with van der Waals surface area (Å²) in [5, 5.41) is 21.7. The molecule has 106 valence electrons. The Bertz CT molecular complexity index is 531. The van der Waals surface area contributed by atoms with E-state index in [1.165, 1.54) is 0 Å². The van der Waals surface area contributed by atoms with E-state index in [4.69, 9.17) is 0 Å². The lowest BCUT2D eigenvalue weighted by Gasteiger charge is -2.39. The Balaban J connectivity index is 2.45. The van der Waals surface area contributed by atoms with E-state index in [2.05, 4.69) is 31.9 Å². The minimum atomic E-state index is -1.40. The third-order valence-corrected chi connectivity index (χ3v) is 4.82. The molecule has 0 aromatic heterocycles. The highest BCUT2D eigenvalue weighted by Crippen LogP contribution is 2.40. The molecule has 0 spiro atoms. The van der Waals surface area contributed by atoms with Gasteiger partial charge in [-0.25, -0.2) is 0 Å². The monoisotopic (exact) mass is 398 g/mol.